The largest absolute Gasteiger partial charge is 0.351 e. The van der Waals surface area contributed by atoms with Crippen LogP contribution in [0.25, 0.3) is 11.0 Å². The molecule has 1 aliphatic heterocycles. The number of carbonyl (C=O) groups excluding carboxylic acids is 1. The molecule has 1 aromatic heterocycles. The number of benzene rings is 2. The van der Waals surface area contributed by atoms with Gasteiger partial charge in [0.2, 0.25) is 0 Å². The number of hydrogen-bond acceptors (Lipinski definition) is 5. The van der Waals surface area contributed by atoms with Crippen molar-refractivity contribution in [3.63, 3.8) is 0 Å². The number of nitrogens with zero attached hydrogens (tertiary/aromatic N) is 4. The Kier molecular flexibility index (Phi) is 7.94. The quantitative estimate of drug-likeness (QED) is 0.377. The van der Waals surface area contributed by atoms with Gasteiger partial charge in [-0.15, -0.1) is 6.58 Å². The van der Waals surface area contributed by atoms with Gasteiger partial charge in [0.05, 0.1) is 17.6 Å². The summed E-state index contributed by atoms with van der Waals surface area (Å²) in [6.07, 6.45) is 1.60. The van der Waals surface area contributed by atoms with Gasteiger partial charge >= 0.3 is 11.1 Å². The summed E-state index contributed by atoms with van der Waals surface area (Å²) < 4.78 is 2.93. The van der Waals surface area contributed by atoms with Crippen molar-refractivity contribution in [2.24, 2.45) is 0 Å². The first-order chi connectivity index (χ1) is 17.0. The van der Waals surface area contributed by atoms with E-state index in [0.717, 1.165) is 44.8 Å². The number of hydrogen-bond donors (Lipinski definition) is 1. The third-order valence-electron chi connectivity index (χ3n) is 6.63. The molecule has 0 aliphatic carbocycles. The van der Waals surface area contributed by atoms with Crippen LogP contribution in [0.15, 0.2) is 70.8 Å². The standard InChI is InChI=1S/C27H33N5O3/c1-3-14-31-23-7-5-6-8-24(23)32(27(35)26(31)34)20-21-9-11-22(12-10-21)25(33)28-13-15-30-18-16-29(4-2)17-19-30/h3,5-12H,1,4,13-20H2,2H3,(H,28,33). The van der Waals surface area contributed by atoms with Crippen molar-refractivity contribution in [2.45, 2.75) is 20.0 Å². The van der Waals surface area contributed by atoms with E-state index >= 15 is 0 Å². The molecule has 0 atom stereocenters. The summed E-state index contributed by atoms with van der Waals surface area (Å²) in [5.41, 5.74) is 1.62. The highest BCUT2D eigenvalue weighted by Crippen LogP contribution is 2.13. The van der Waals surface area contributed by atoms with Crippen LogP contribution in [-0.4, -0.2) is 70.7 Å². The normalized spacial score (nSPS) is 14.8. The van der Waals surface area contributed by atoms with Gasteiger partial charge in [0.1, 0.15) is 0 Å². The summed E-state index contributed by atoms with van der Waals surface area (Å²) >= 11 is 0. The summed E-state index contributed by atoms with van der Waals surface area (Å²) in [4.78, 5) is 43.0. The van der Waals surface area contributed by atoms with Crippen LogP contribution in [0.1, 0.15) is 22.8 Å². The van der Waals surface area contributed by atoms with Gasteiger partial charge in [-0.3, -0.25) is 28.4 Å². The lowest BCUT2D eigenvalue weighted by Crippen LogP contribution is -2.48. The number of amides is 1. The van der Waals surface area contributed by atoms with E-state index in [1.54, 1.807) is 18.2 Å². The van der Waals surface area contributed by atoms with Crippen LogP contribution >= 0.6 is 0 Å². The van der Waals surface area contributed by atoms with Crippen LogP contribution in [0.5, 0.6) is 0 Å². The van der Waals surface area contributed by atoms with Crippen LogP contribution in [0, 0.1) is 0 Å². The maximum absolute atomic E-state index is 12.9. The van der Waals surface area contributed by atoms with Gasteiger partial charge in [-0.05, 0) is 36.4 Å². The van der Waals surface area contributed by atoms with Gasteiger partial charge in [-0.25, -0.2) is 0 Å². The molecule has 1 saturated heterocycles. The highest BCUT2D eigenvalue weighted by Gasteiger charge is 2.16. The Labute approximate surface area is 205 Å². The third kappa shape index (κ3) is 5.61. The predicted octanol–water partition coefficient (Wildman–Crippen LogP) is 1.76. The van der Waals surface area contributed by atoms with Crippen molar-refractivity contribution < 1.29 is 4.79 Å². The van der Waals surface area contributed by atoms with Gasteiger partial charge < -0.3 is 10.2 Å². The molecule has 8 nitrogen and oxygen atoms in total. The summed E-state index contributed by atoms with van der Waals surface area (Å²) in [5.74, 6) is -0.113. The van der Waals surface area contributed by atoms with E-state index in [9.17, 15) is 14.4 Å². The van der Waals surface area contributed by atoms with Gasteiger partial charge in [0.15, 0.2) is 0 Å². The summed E-state index contributed by atoms with van der Waals surface area (Å²) in [5, 5.41) is 3.00. The molecule has 0 bridgehead atoms. The van der Waals surface area contributed by atoms with E-state index in [1.165, 1.54) is 9.13 Å². The van der Waals surface area contributed by atoms with Crippen molar-refractivity contribution >= 4 is 16.9 Å². The molecule has 0 saturated carbocycles. The first-order valence-electron chi connectivity index (χ1n) is 12.2. The first kappa shape index (κ1) is 24.6. The highest BCUT2D eigenvalue weighted by molar-refractivity contribution is 5.94. The van der Waals surface area contributed by atoms with Crippen molar-refractivity contribution in [3.05, 3.63) is 93.0 Å². The van der Waals surface area contributed by atoms with Crippen molar-refractivity contribution in [1.29, 1.82) is 0 Å². The van der Waals surface area contributed by atoms with Crippen LogP contribution in [0.3, 0.4) is 0 Å². The van der Waals surface area contributed by atoms with E-state index in [4.69, 9.17) is 0 Å². The number of nitrogens with one attached hydrogen (secondary N) is 1. The molecule has 0 radical (unpaired) electrons. The Morgan fingerprint density at radius 2 is 1.51 bits per heavy atom. The zero-order chi connectivity index (χ0) is 24.8. The summed E-state index contributed by atoms with van der Waals surface area (Å²) in [6.45, 7) is 13.1. The second-order valence-electron chi connectivity index (χ2n) is 8.81. The first-order valence-corrected chi connectivity index (χ1v) is 12.2. The minimum Gasteiger partial charge on any atom is -0.351 e. The topological polar surface area (TPSA) is 79.6 Å². The lowest BCUT2D eigenvalue weighted by atomic mass is 10.1. The lowest BCUT2D eigenvalue weighted by molar-refractivity contribution is 0.0938. The zero-order valence-electron chi connectivity index (χ0n) is 20.3. The van der Waals surface area contributed by atoms with Gasteiger partial charge in [-0.2, -0.15) is 0 Å². The molecule has 2 heterocycles. The highest BCUT2D eigenvalue weighted by atomic mass is 16.2. The Morgan fingerprint density at radius 3 is 2.14 bits per heavy atom. The van der Waals surface area contributed by atoms with Crippen molar-refractivity contribution in [1.82, 2.24) is 24.3 Å². The molecule has 0 unspecified atom stereocenters. The maximum Gasteiger partial charge on any atom is 0.317 e. The number of likely N-dealkylation sites (N-methyl/N-ethyl adjacent to an activating group) is 1. The summed E-state index contributed by atoms with van der Waals surface area (Å²) in [7, 11) is 0. The number of carbonyl (C=O) groups is 1. The molecule has 184 valence electrons. The molecule has 1 fully saturated rings. The van der Waals surface area contributed by atoms with Crippen molar-refractivity contribution in [2.75, 3.05) is 45.8 Å². The molecule has 0 spiro atoms. The predicted molar refractivity (Wildman–Crippen MR) is 139 cm³/mol. The smallest absolute Gasteiger partial charge is 0.317 e. The van der Waals surface area contributed by atoms with E-state index in [-0.39, 0.29) is 19.0 Å². The number of rotatable bonds is 9. The van der Waals surface area contributed by atoms with Crippen LogP contribution in [0.4, 0.5) is 0 Å². The van der Waals surface area contributed by atoms with E-state index in [0.29, 0.717) is 23.1 Å². The Hall–Kier alpha value is -3.49. The Bertz CT molecular complexity index is 1300. The van der Waals surface area contributed by atoms with E-state index in [2.05, 4.69) is 28.6 Å². The zero-order valence-corrected chi connectivity index (χ0v) is 20.3. The fourth-order valence-electron chi connectivity index (χ4n) is 4.54. The van der Waals surface area contributed by atoms with E-state index < -0.39 is 11.1 Å². The van der Waals surface area contributed by atoms with Crippen LogP contribution in [-0.2, 0) is 13.1 Å². The lowest BCUT2D eigenvalue weighted by Gasteiger charge is -2.33. The van der Waals surface area contributed by atoms with Crippen LogP contribution < -0.4 is 16.4 Å². The number of fused-ring (bicyclic) bond motifs is 1. The second-order valence-corrected chi connectivity index (χ2v) is 8.81. The maximum atomic E-state index is 12.9. The molecule has 4 rings (SSSR count). The number of para-hydroxylation sites is 2. The van der Waals surface area contributed by atoms with Crippen molar-refractivity contribution in [3.8, 4) is 0 Å². The minimum atomic E-state index is -0.577. The Morgan fingerprint density at radius 1 is 0.914 bits per heavy atom. The van der Waals surface area contributed by atoms with E-state index in [1.807, 2.05) is 36.4 Å². The number of aromatic nitrogens is 2. The second kappa shape index (κ2) is 11.3. The third-order valence-corrected chi connectivity index (χ3v) is 6.63. The minimum absolute atomic E-state index is 0.113. The van der Waals surface area contributed by atoms with Gasteiger partial charge in [-0.1, -0.05) is 37.3 Å². The molecular formula is C27H33N5O3. The molecule has 35 heavy (non-hydrogen) atoms. The fourth-order valence-corrected chi connectivity index (χ4v) is 4.54. The molecule has 1 aliphatic rings. The fraction of sp³-hybridized carbons (Fsp3) is 0.370. The van der Waals surface area contributed by atoms with Gasteiger partial charge in [0, 0.05) is 51.4 Å². The van der Waals surface area contributed by atoms with Gasteiger partial charge in [0.25, 0.3) is 5.91 Å². The molecule has 1 amide bonds. The number of piperazine rings is 1. The molecule has 2 aromatic carbocycles. The summed E-state index contributed by atoms with van der Waals surface area (Å²) in [6, 6.07) is 14.5. The average molecular weight is 476 g/mol. The molecule has 8 heteroatoms. The number of allylic oxidation sites excluding steroid dienone is 1. The molecule has 3 aromatic rings. The average Bonchev–Trinajstić information content (AvgIpc) is 2.90. The molecule has 1 N–H and O–H groups in total. The monoisotopic (exact) mass is 475 g/mol. The molecular weight excluding hydrogens is 442 g/mol. The SMILES string of the molecule is C=CCn1c(=O)c(=O)n(Cc2ccc(C(=O)NCCN3CCN(CC)CC3)cc2)c2ccccc21. The Balaban J connectivity index is 1.42. The van der Waals surface area contributed by atoms with Crippen LogP contribution in [0.2, 0.25) is 0 Å².